The van der Waals surface area contributed by atoms with Crippen molar-refractivity contribution in [1.82, 2.24) is 10.2 Å². The number of amides is 1. The summed E-state index contributed by atoms with van der Waals surface area (Å²) >= 11 is 0. The normalized spacial score (nSPS) is 15.8. The molecule has 5 nitrogen and oxygen atoms in total. The van der Waals surface area contributed by atoms with Crippen molar-refractivity contribution in [3.63, 3.8) is 0 Å². The predicted molar refractivity (Wildman–Crippen MR) is 59.8 cm³/mol. The molecular formula is C11H20N2O3. The number of nitrogens with one attached hydrogen (secondary N) is 1. The highest BCUT2D eigenvalue weighted by atomic mass is 16.5. The Balaban J connectivity index is 2.52. The average molecular weight is 228 g/mol. The summed E-state index contributed by atoms with van der Waals surface area (Å²) in [6.07, 6.45) is 0. The third-order valence-corrected chi connectivity index (χ3v) is 2.64. The lowest BCUT2D eigenvalue weighted by atomic mass is 10.0. The van der Waals surface area contributed by atoms with Gasteiger partial charge in [0.1, 0.15) is 6.54 Å². The fourth-order valence-corrected chi connectivity index (χ4v) is 1.56. The van der Waals surface area contributed by atoms with Crippen molar-refractivity contribution >= 4 is 11.9 Å². The summed E-state index contributed by atoms with van der Waals surface area (Å²) in [5.41, 5.74) is 0. The first-order chi connectivity index (χ1) is 7.56. The van der Waals surface area contributed by atoms with Gasteiger partial charge in [-0.05, 0) is 20.8 Å². The van der Waals surface area contributed by atoms with E-state index in [9.17, 15) is 9.59 Å². The van der Waals surface area contributed by atoms with E-state index < -0.39 is 0 Å². The fourth-order valence-electron chi connectivity index (χ4n) is 1.56. The highest BCUT2D eigenvalue weighted by molar-refractivity contribution is 5.84. The number of carbonyl (C=O) groups is 2. The second-order valence-electron chi connectivity index (χ2n) is 4.22. The van der Waals surface area contributed by atoms with Gasteiger partial charge in [0.05, 0.1) is 12.5 Å². The van der Waals surface area contributed by atoms with E-state index in [4.69, 9.17) is 4.74 Å². The minimum atomic E-state index is -0.336. The molecule has 0 bridgehead atoms. The summed E-state index contributed by atoms with van der Waals surface area (Å²) in [7, 11) is 0. The van der Waals surface area contributed by atoms with Crippen LogP contribution < -0.4 is 5.32 Å². The maximum Gasteiger partial charge on any atom is 0.325 e. The van der Waals surface area contributed by atoms with Gasteiger partial charge in [-0.25, -0.2) is 0 Å². The van der Waals surface area contributed by atoms with Gasteiger partial charge in [0, 0.05) is 19.1 Å². The summed E-state index contributed by atoms with van der Waals surface area (Å²) in [6, 6.07) is 0.0255. The van der Waals surface area contributed by atoms with Crippen molar-refractivity contribution in [2.75, 3.05) is 26.2 Å². The number of nitrogens with zero attached hydrogens (tertiary/aromatic N) is 1. The van der Waals surface area contributed by atoms with Gasteiger partial charge in [-0.2, -0.15) is 0 Å². The Morgan fingerprint density at radius 2 is 2.06 bits per heavy atom. The number of ether oxygens (including phenoxy) is 1. The lowest BCUT2D eigenvalue weighted by Gasteiger charge is -2.34. The molecule has 1 aliphatic heterocycles. The van der Waals surface area contributed by atoms with Gasteiger partial charge in [0.2, 0.25) is 5.91 Å². The number of esters is 1. The molecule has 0 aromatic rings. The van der Waals surface area contributed by atoms with Gasteiger partial charge in [0.15, 0.2) is 0 Å². The van der Waals surface area contributed by atoms with Crippen LogP contribution in [0, 0.1) is 5.92 Å². The molecule has 0 radical (unpaired) electrons. The second-order valence-corrected chi connectivity index (χ2v) is 4.22. The van der Waals surface area contributed by atoms with Gasteiger partial charge in [0.25, 0.3) is 0 Å². The Hall–Kier alpha value is -1.10. The van der Waals surface area contributed by atoms with Crippen molar-refractivity contribution < 1.29 is 14.3 Å². The first-order valence-electron chi connectivity index (χ1n) is 5.73. The molecule has 1 amide bonds. The molecule has 0 aliphatic carbocycles. The van der Waals surface area contributed by atoms with E-state index in [1.807, 2.05) is 13.8 Å². The van der Waals surface area contributed by atoms with Crippen LogP contribution in [-0.2, 0) is 14.3 Å². The Morgan fingerprint density at radius 1 is 1.44 bits per heavy atom. The van der Waals surface area contributed by atoms with Crippen LogP contribution in [0.2, 0.25) is 0 Å². The molecule has 92 valence electrons. The van der Waals surface area contributed by atoms with Crippen molar-refractivity contribution in [2.45, 2.75) is 26.8 Å². The topological polar surface area (TPSA) is 58.6 Å². The minimum Gasteiger partial charge on any atom is -0.465 e. The summed E-state index contributed by atoms with van der Waals surface area (Å²) in [5, 5.41) is 3.05. The largest absolute Gasteiger partial charge is 0.465 e. The maximum atomic E-state index is 12.0. The van der Waals surface area contributed by atoms with Crippen LogP contribution >= 0.6 is 0 Å². The Bertz CT molecular complexity index is 262. The van der Waals surface area contributed by atoms with Crippen LogP contribution in [-0.4, -0.2) is 49.1 Å². The SMILES string of the molecule is CCOC(=O)CN(C(=O)C1CNC1)C(C)C. The van der Waals surface area contributed by atoms with Gasteiger partial charge in [-0.1, -0.05) is 0 Å². The second kappa shape index (κ2) is 5.84. The molecule has 1 heterocycles. The zero-order valence-electron chi connectivity index (χ0n) is 10.2. The van der Waals surface area contributed by atoms with E-state index in [0.717, 1.165) is 0 Å². The first kappa shape index (κ1) is 13.0. The van der Waals surface area contributed by atoms with Crippen LogP contribution in [0.25, 0.3) is 0 Å². The first-order valence-corrected chi connectivity index (χ1v) is 5.73. The van der Waals surface area contributed by atoms with Gasteiger partial charge in [-0.3, -0.25) is 9.59 Å². The highest BCUT2D eigenvalue weighted by Gasteiger charge is 2.31. The lowest BCUT2D eigenvalue weighted by Crippen LogP contribution is -2.54. The zero-order chi connectivity index (χ0) is 12.1. The van der Waals surface area contributed by atoms with Crippen LogP contribution in [0.1, 0.15) is 20.8 Å². The minimum absolute atomic E-state index is 0.0248. The molecule has 0 spiro atoms. The standard InChI is InChI=1S/C11H20N2O3/c1-4-16-10(14)7-13(8(2)3)11(15)9-5-12-6-9/h8-9,12H,4-7H2,1-3H3. The van der Waals surface area contributed by atoms with Crippen LogP contribution in [0.5, 0.6) is 0 Å². The van der Waals surface area contributed by atoms with Gasteiger partial charge < -0.3 is 15.0 Å². The third kappa shape index (κ3) is 3.20. The monoisotopic (exact) mass is 228 g/mol. The third-order valence-electron chi connectivity index (χ3n) is 2.64. The number of carbonyl (C=O) groups excluding carboxylic acids is 2. The Kier molecular flexibility index (Phi) is 4.73. The van der Waals surface area contributed by atoms with Crippen molar-refractivity contribution in [3.8, 4) is 0 Å². The van der Waals surface area contributed by atoms with Gasteiger partial charge >= 0.3 is 5.97 Å². The Labute approximate surface area is 96.1 Å². The van der Waals surface area contributed by atoms with E-state index >= 15 is 0 Å². The highest BCUT2D eigenvalue weighted by Crippen LogP contribution is 2.11. The smallest absolute Gasteiger partial charge is 0.325 e. The molecule has 0 aromatic heterocycles. The molecule has 5 heteroatoms. The van der Waals surface area contributed by atoms with Crippen LogP contribution in [0.3, 0.4) is 0 Å². The molecular weight excluding hydrogens is 208 g/mol. The molecule has 0 atom stereocenters. The van der Waals surface area contributed by atoms with E-state index in [1.165, 1.54) is 0 Å². The number of rotatable bonds is 5. The molecule has 1 saturated heterocycles. The predicted octanol–water partition coefficient (Wildman–Crippen LogP) is 0.00590. The van der Waals surface area contributed by atoms with E-state index in [2.05, 4.69) is 5.32 Å². The van der Waals surface area contributed by atoms with Crippen molar-refractivity contribution in [1.29, 1.82) is 0 Å². The van der Waals surface area contributed by atoms with Crippen LogP contribution in [0.4, 0.5) is 0 Å². The van der Waals surface area contributed by atoms with Crippen molar-refractivity contribution in [2.24, 2.45) is 5.92 Å². The van der Waals surface area contributed by atoms with E-state index in [-0.39, 0.29) is 30.4 Å². The maximum absolute atomic E-state index is 12.0. The zero-order valence-corrected chi connectivity index (χ0v) is 10.2. The van der Waals surface area contributed by atoms with E-state index in [1.54, 1.807) is 11.8 Å². The summed E-state index contributed by atoms with van der Waals surface area (Å²) in [6.45, 7) is 7.41. The average Bonchev–Trinajstić information content (AvgIpc) is 2.11. The molecule has 16 heavy (non-hydrogen) atoms. The molecule has 1 N–H and O–H groups in total. The number of hydrogen-bond donors (Lipinski definition) is 1. The van der Waals surface area contributed by atoms with Crippen LogP contribution in [0.15, 0.2) is 0 Å². The van der Waals surface area contributed by atoms with Gasteiger partial charge in [-0.15, -0.1) is 0 Å². The number of hydrogen-bond acceptors (Lipinski definition) is 4. The molecule has 0 saturated carbocycles. The van der Waals surface area contributed by atoms with E-state index in [0.29, 0.717) is 19.7 Å². The summed E-state index contributed by atoms with van der Waals surface area (Å²) in [4.78, 5) is 24.9. The summed E-state index contributed by atoms with van der Waals surface area (Å²) < 4.78 is 4.86. The fraction of sp³-hybridized carbons (Fsp3) is 0.818. The molecule has 0 unspecified atom stereocenters. The van der Waals surface area contributed by atoms with Crippen molar-refractivity contribution in [3.05, 3.63) is 0 Å². The quantitative estimate of drug-likeness (QED) is 0.673. The lowest BCUT2D eigenvalue weighted by molar-refractivity contribution is -0.152. The molecule has 1 aliphatic rings. The molecule has 0 aromatic carbocycles. The molecule has 1 rings (SSSR count). The molecule has 1 fully saturated rings. The Morgan fingerprint density at radius 3 is 2.44 bits per heavy atom. The summed E-state index contributed by atoms with van der Waals surface area (Å²) in [5.74, 6) is -0.268.